The van der Waals surface area contributed by atoms with Gasteiger partial charge < -0.3 is 10.0 Å². The molecule has 0 saturated heterocycles. The molecule has 0 aliphatic rings. The molecule has 0 unspecified atom stereocenters. The number of amides is 1. The maximum atomic E-state index is 11.7. The van der Waals surface area contributed by atoms with Gasteiger partial charge >= 0.3 is 0 Å². The molecular formula is C10H13NO2S. The highest BCUT2D eigenvalue weighted by Crippen LogP contribution is 2.14. The number of rotatable bonds is 3. The Labute approximate surface area is 88.8 Å². The minimum Gasteiger partial charge on any atom is -0.395 e. The Morgan fingerprint density at radius 3 is 2.71 bits per heavy atom. The second-order valence-electron chi connectivity index (χ2n) is 2.97. The molecule has 0 bridgehead atoms. The van der Waals surface area contributed by atoms with Gasteiger partial charge in [-0.2, -0.15) is 0 Å². The first-order chi connectivity index (χ1) is 6.66. The molecule has 0 spiro atoms. The number of benzene rings is 1. The van der Waals surface area contributed by atoms with Crippen LogP contribution in [0.25, 0.3) is 0 Å². The van der Waals surface area contributed by atoms with Crippen molar-refractivity contribution in [3.8, 4) is 0 Å². The van der Waals surface area contributed by atoms with Crippen LogP contribution in [0.2, 0.25) is 0 Å². The Balaban J connectivity index is 2.84. The first-order valence-corrected chi connectivity index (χ1v) is 4.76. The molecule has 0 aliphatic carbocycles. The fraction of sp³-hybridized carbons (Fsp3) is 0.300. The number of aliphatic hydroxyl groups is 1. The van der Waals surface area contributed by atoms with Crippen LogP contribution in [-0.4, -0.2) is 36.1 Å². The molecule has 1 aromatic rings. The normalized spacial score (nSPS) is 9.93. The minimum absolute atomic E-state index is 0.0308. The Morgan fingerprint density at radius 2 is 2.14 bits per heavy atom. The SMILES string of the molecule is CN(CCO)C(=O)c1ccccc1S. The maximum absolute atomic E-state index is 11.7. The van der Waals surface area contributed by atoms with Crippen LogP contribution in [0.3, 0.4) is 0 Å². The van der Waals surface area contributed by atoms with E-state index in [2.05, 4.69) is 12.6 Å². The molecule has 0 heterocycles. The summed E-state index contributed by atoms with van der Waals surface area (Å²) in [7, 11) is 1.65. The summed E-state index contributed by atoms with van der Waals surface area (Å²) >= 11 is 4.19. The summed E-state index contributed by atoms with van der Waals surface area (Å²) in [4.78, 5) is 13.8. The Morgan fingerprint density at radius 1 is 1.50 bits per heavy atom. The molecule has 76 valence electrons. The molecule has 0 atom stereocenters. The van der Waals surface area contributed by atoms with Crippen molar-refractivity contribution in [2.75, 3.05) is 20.2 Å². The van der Waals surface area contributed by atoms with Crippen LogP contribution in [0.5, 0.6) is 0 Å². The molecule has 1 N–H and O–H groups in total. The summed E-state index contributed by atoms with van der Waals surface area (Å²) in [5.74, 6) is -0.121. The molecule has 0 aliphatic heterocycles. The Kier molecular flexibility index (Phi) is 3.98. The molecule has 0 fully saturated rings. The van der Waals surface area contributed by atoms with Crippen LogP contribution in [0.1, 0.15) is 10.4 Å². The Bertz CT molecular complexity index is 328. The van der Waals surface area contributed by atoms with Gasteiger partial charge in [-0.3, -0.25) is 4.79 Å². The van der Waals surface area contributed by atoms with Gasteiger partial charge in [-0.05, 0) is 12.1 Å². The zero-order chi connectivity index (χ0) is 10.6. The molecule has 0 aromatic heterocycles. The third kappa shape index (κ3) is 2.49. The van der Waals surface area contributed by atoms with Crippen molar-refractivity contribution in [1.29, 1.82) is 0 Å². The summed E-state index contributed by atoms with van der Waals surface area (Å²) in [5, 5.41) is 8.69. The van der Waals surface area contributed by atoms with E-state index in [-0.39, 0.29) is 12.5 Å². The Hall–Kier alpha value is -1.00. The quantitative estimate of drug-likeness (QED) is 0.733. The number of thiol groups is 1. The van der Waals surface area contributed by atoms with Crippen molar-refractivity contribution in [3.63, 3.8) is 0 Å². The van der Waals surface area contributed by atoms with Gasteiger partial charge in [0.05, 0.1) is 12.2 Å². The van der Waals surface area contributed by atoms with Crippen LogP contribution >= 0.6 is 12.6 Å². The van der Waals surface area contributed by atoms with Gasteiger partial charge in [0, 0.05) is 18.5 Å². The van der Waals surface area contributed by atoms with Gasteiger partial charge in [0.15, 0.2) is 0 Å². The largest absolute Gasteiger partial charge is 0.395 e. The zero-order valence-corrected chi connectivity index (χ0v) is 8.87. The summed E-state index contributed by atoms with van der Waals surface area (Å²) in [6.07, 6.45) is 0. The molecule has 14 heavy (non-hydrogen) atoms. The highest BCUT2D eigenvalue weighted by Gasteiger charge is 2.12. The molecule has 0 saturated carbocycles. The predicted molar refractivity (Wildman–Crippen MR) is 57.7 cm³/mol. The summed E-state index contributed by atoms with van der Waals surface area (Å²) < 4.78 is 0. The van der Waals surface area contributed by atoms with Crippen molar-refractivity contribution >= 4 is 18.5 Å². The average Bonchev–Trinajstić information content (AvgIpc) is 2.18. The third-order valence-corrected chi connectivity index (χ3v) is 2.31. The lowest BCUT2D eigenvalue weighted by Gasteiger charge is -2.16. The van der Waals surface area contributed by atoms with Crippen LogP contribution < -0.4 is 0 Å². The minimum atomic E-state index is -0.121. The number of carbonyl (C=O) groups is 1. The number of likely N-dealkylation sites (N-methyl/N-ethyl adjacent to an activating group) is 1. The van der Waals surface area contributed by atoms with Crippen LogP contribution in [0, 0.1) is 0 Å². The van der Waals surface area contributed by atoms with Crippen molar-refractivity contribution in [2.24, 2.45) is 0 Å². The van der Waals surface area contributed by atoms with E-state index in [0.29, 0.717) is 17.0 Å². The van der Waals surface area contributed by atoms with Gasteiger partial charge in [0.25, 0.3) is 5.91 Å². The van der Waals surface area contributed by atoms with E-state index in [1.807, 2.05) is 6.07 Å². The van der Waals surface area contributed by atoms with E-state index in [9.17, 15) is 4.79 Å². The molecule has 1 rings (SSSR count). The fourth-order valence-electron chi connectivity index (χ4n) is 1.11. The molecular weight excluding hydrogens is 198 g/mol. The lowest BCUT2D eigenvalue weighted by atomic mass is 10.2. The number of nitrogens with zero attached hydrogens (tertiary/aromatic N) is 1. The summed E-state index contributed by atoms with van der Waals surface area (Å²) in [5.41, 5.74) is 0.562. The first kappa shape index (κ1) is 11.1. The smallest absolute Gasteiger partial charge is 0.254 e. The van der Waals surface area contributed by atoms with E-state index in [1.165, 1.54) is 4.90 Å². The van der Waals surface area contributed by atoms with E-state index in [0.717, 1.165) is 0 Å². The summed E-state index contributed by atoms with van der Waals surface area (Å²) in [6, 6.07) is 7.10. The standard InChI is InChI=1S/C10H13NO2S/c1-11(6-7-12)10(13)8-4-2-3-5-9(8)14/h2-5,12,14H,6-7H2,1H3. The van der Waals surface area contributed by atoms with Crippen LogP contribution in [0.15, 0.2) is 29.2 Å². The second kappa shape index (κ2) is 5.02. The van der Waals surface area contributed by atoms with E-state index in [4.69, 9.17) is 5.11 Å². The average molecular weight is 211 g/mol. The molecule has 1 aromatic carbocycles. The van der Waals surface area contributed by atoms with Gasteiger partial charge in [-0.1, -0.05) is 12.1 Å². The predicted octanol–water partition coefficient (Wildman–Crippen LogP) is 1.04. The number of hydrogen-bond acceptors (Lipinski definition) is 3. The van der Waals surface area contributed by atoms with Crippen LogP contribution in [0.4, 0.5) is 0 Å². The maximum Gasteiger partial charge on any atom is 0.254 e. The highest BCUT2D eigenvalue weighted by molar-refractivity contribution is 7.80. The molecule has 0 radical (unpaired) electrons. The lowest BCUT2D eigenvalue weighted by Crippen LogP contribution is -2.29. The van der Waals surface area contributed by atoms with Gasteiger partial charge in [-0.25, -0.2) is 0 Å². The topological polar surface area (TPSA) is 40.5 Å². The van der Waals surface area contributed by atoms with E-state index >= 15 is 0 Å². The number of aliphatic hydroxyl groups excluding tert-OH is 1. The van der Waals surface area contributed by atoms with Gasteiger partial charge in [0.1, 0.15) is 0 Å². The monoisotopic (exact) mass is 211 g/mol. The van der Waals surface area contributed by atoms with Crippen molar-refractivity contribution < 1.29 is 9.90 Å². The van der Waals surface area contributed by atoms with E-state index < -0.39 is 0 Å². The first-order valence-electron chi connectivity index (χ1n) is 4.31. The van der Waals surface area contributed by atoms with Crippen molar-refractivity contribution in [2.45, 2.75) is 4.90 Å². The van der Waals surface area contributed by atoms with Gasteiger partial charge in [-0.15, -0.1) is 12.6 Å². The molecule has 4 heteroatoms. The molecule has 3 nitrogen and oxygen atoms in total. The fourth-order valence-corrected chi connectivity index (χ4v) is 1.37. The van der Waals surface area contributed by atoms with E-state index in [1.54, 1.807) is 25.2 Å². The van der Waals surface area contributed by atoms with Crippen molar-refractivity contribution in [3.05, 3.63) is 29.8 Å². The highest BCUT2D eigenvalue weighted by atomic mass is 32.1. The van der Waals surface area contributed by atoms with Crippen molar-refractivity contribution in [1.82, 2.24) is 4.90 Å². The van der Waals surface area contributed by atoms with Gasteiger partial charge in [0.2, 0.25) is 0 Å². The van der Waals surface area contributed by atoms with Crippen LogP contribution in [-0.2, 0) is 0 Å². The lowest BCUT2D eigenvalue weighted by molar-refractivity contribution is 0.0763. The zero-order valence-electron chi connectivity index (χ0n) is 7.97. The second-order valence-corrected chi connectivity index (χ2v) is 3.45. The third-order valence-electron chi connectivity index (χ3n) is 1.92. The number of carbonyl (C=O) groups excluding carboxylic acids is 1. The number of hydrogen-bond donors (Lipinski definition) is 2. The molecule has 1 amide bonds. The summed E-state index contributed by atoms with van der Waals surface area (Å²) in [6.45, 7) is 0.303.